The van der Waals surface area contributed by atoms with Gasteiger partial charge in [0.15, 0.2) is 0 Å². The number of H-pyrrole nitrogens is 1. The quantitative estimate of drug-likeness (QED) is 0.364. The largest absolute Gasteiger partial charge is 1.00 e. The second-order valence-corrected chi connectivity index (χ2v) is 6.14. The fourth-order valence-corrected chi connectivity index (χ4v) is 2.69. The Morgan fingerprint density at radius 1 is 1.17 bits per heavy atom. The first kappa shape index (κ1) is 18.6. The van der Waals surface area contributed by atoms with Crippen molar-refractivity contribution < 1.29 is 52.1 Å². The van der Waals surface area contributed by atoms with Crippen LogP contribution in [-0.2, 0) is 14.9 Å². The molecule has 9 heteroatoms. The van der Waals surface area contributed by atoms with Crippen LogP contribution in [-0.4, -0.2) is 36.0 Å². The Morgan fingerprint density at radius 2 is 1.83 bits per heavy atom. The second kappa shape index (κ2) is 7.04. The number of para-hydroxylation sites is 1. The van der Waals surface area contributed by atoms with Gasteiger partial charge in [0.1, 0.15) is 21.5 Å². The molecular weight excluding hydrogens is 343 g/mol. The first-order valence-electron chi connectivity index (χ1n) is 6.53. The molecule has 3 aromatic rings. The van der Waals surface area contributed by atoms with Crippen LogP contribution in [0.25, 0.3) is 22.4 Å². The van der Waals surface area contributed by atoms with Crippen LogP contribution >= 0.6 is 0 Å². The number of esters is 1. The summed E-state index contributed by atoms with van der Waals surface area (Å²) >= 11 is 0. The number of ether oxygens (including phenoxy) is 1. The molecule has 0 spiro atoms. The van der Waals surface area contributed by atoms with E-state index < -0.39 is 16.1 Å². The fourth-order valence-electron chi connectivity index (χ4n) is 2.22. The average molecular weight is 354 g/mol. The number of aromatic amines is 1. The van der Waals surface area contributed by atoms with Gasteiger partial charge in [-0.15, -0.1) is 0 Å². The average Bonchev–Trinajstić information content (AvgIpc) is 2.97. The van der Waals surface area contributed by atoms with E-state index in [1.165, 1.54) is 31.4 Å². The fraction of sp³-hybridized carbons (Fsp3) is 0.0667. The Hall–Kier alpha value is -1.71. The van der Waals surface area contributed by atoms with Gasteiger partial charge in [0, 0.05) is 5.56 Å². The molecule has 0 amide bonds. The predicted molar refractivity (Wildman–Crippen MR) is 80.8 cm³/mol. The molecule has 2 aromatic carbocycles. The van der Waals surface area contributed by atoms with E-state index >= 15 is 0 Å². The Kier molecular flexibility index (Phi) is 5.46. The van der Waals surface area contributed by atoms with E-state index in [-0.39, 0.29) is 34.5 Å². The summed E-state index contributed by atoms with van der Waals surface area (Å²) in [6.07, 6.45) is 0. The van der Waals surface area contributed by atoms with Crippen molar-refractivity contribution in [2.24, 2.45) is 0 Å². The number of nitrogens with zero attached hydrogens (tertiary/aromatic N) is 1. The number of imidazole rings is 1. The van der Waals surface area contributed by atoms with E-state index in [1.54, 1.807) is 18.2 Å². The van der Waals surface area contributed by atoms with E-state index in [4.69, 9.17) is 4.74 Å². The number of hydrogen-bond donors (Lipinski definition) is 1. The molecule has 0 aliphatic rings. The molecule has 1 N–H and O–H groups in total. The minimum absolute atomic E-state index is 0. The number of fused-ring (bicyclic) bond motifs is 1. The van der Waals surface area contributed by atoms with E-state index in [1.807, 2.05) is 0 Å². The van der Waals surface area contributed by atoms with Crippen molar-refractivity contribution in [1.82, 2.24) is 9.97 Å². The number of rotatable bonds is 3. The molecule has 7 nitrogen and oxygen atoms in total. The number of benzene rings is 2. The van der Waals surface area contributed by atoms with Crippen molar-refractivity contribution >= 4 is 27.1 Å². The molecule has 3 rings (SSSR count). The Morgan fingerprint density at radius 3 is 2.42 bits per heavy atom. The Bertz CT molecular complexity index is 996. The third kappa shape index (κ3) is 3.52. The zero-order valence-electron chi connectivity index (χ0n) is 12.9. The van der Waals surface area contributed by atoms with Gasteiger partial charge in [-0.1, -0.05) is 18.2 Å². The van der Waals surface area contributed by atoms with Crippen molar-refractivity contribution in [2.45, 2.75) is 4.90 Å². The van der Waals surface area contributed by atoms with Crippen LogP contribution < -0.4 is 29.6 Å². The number of methoxy groups -OCH3 is 1. The molecule has 1 aromatic heterocycles. The molecule has 1 heterocycles. The smallest absolute Gasteiger partial charge is 0.744 e. The summed E-state index contributed by atoms with van der Waals surface area (Å²) in [6.45, 7) is 0. The topological polar surface area (TPSA) is 112 Å². The number of hydrogen-bond acceptors (Lipinski definition) is 6. The van der Waals surface area contributed by atoms with Crippen LogP contribution in [0.15, 0.2) is 47.4 Å². The van der Waals surface area contributed by atoms with Gasteiger partial charge >= 0.3 is 35.5 Å². The summed E-state index contributed by atoms with van der Waals surface area (Å²) in [6, 6.07) is 10.4. The van der Waals surface area contributed by atoms with Gasteiger partial charge in [-0.3, -0.25) is 0 Å². The van der Waals surface area contributed by atoms with Crippen LogP contribution in [0.2, 0.25) is 0 Å². The first-order valence-corrected chi connectivity index (χ1v) is 7.94. The van der Waals surface area contributed by atoms with Crippen LogP contribution in [0.1, 0.15) is 10.4 Å². The van der Waals surface area contributed by atoms with E-state index in [9.17, 15) is 17.8 Å². The maximum Gasteiger partial charge on any atom is 1.00 e. The van der Waals surface area contributed by atoms with Crippen LogP contribution in [0, 0.1) is 0 Å². The van der Waals surface area contributed by atoms with Gasteiger partial charge in [0.05, 0.1) is 23.1 Å². The minimum Gasteiger partial charge on any atom is -0.744 e. The number of nitrogens with one attached hydrogen (secondary N) is 1. The molecular formula is C15H11N2NaO5S. The van der Waals surface area contributed by atoms with Gasteiger partial charge in [0.25, 0.3) is 0 Å². The molecule has 0 aliphatic carbocycles. The number of aromatic nitrogens is 2. The molecule has 118 valence electrons. The molecule has 0 unspecified atom stereocenters. The van der Waals surface area contributed by atoms with Gasteiger partial charge in [-0.2, -0.15) is 0 Å². The van der Waals surface area contributed by atoms with Gasteiger partial charge < -0.3 is 14.3 Å². The summed E-state index contributed by atoms with van der Waals surface area (Å²) in [5.74, 6) is -0.0485. The van der Waals surface area contributed by atoms with Crippen molar-refractivity contribution in [3.63, 3.8) is 0 Å². The van der Waals surface area contributed by atoms with Crippen LogP contribution in [0.3, 0.4) is 0 Å². The third-order valence-corrected chi connectivity index (χ3v) is 4.18. The number of carbonyl (C=O) groups is 1. The van der Waals surface area contributed by atoms with Gasteiger partial charge in [-0.25, -0.2) is 18.2 Å². The van der Waals surface area contributed by atoms with Gasteiger partial charge in [-0.05, 0) is 24.3 Å². The normalized spacial score (nSPS) is 11.1. The monoisotopic (exact) mass is 354 g/mol. The predicted octanol–water partition coefficient (Wildman–Crippen LogP) is -1.08. The molecule has 0 atom stereocenters. The van der Waals surface area contributed by atoms with Gasteiger partial charge in [0.2, 0.25) is 0 Å². The zero-order chi connectivity index (χ0) is 16.6. The Labute approximate surface area is 160 Å². The molecule has 0 bridgehead atoms. The minimum atomic E-state index is -4.49. The zero-order valence-corrected chi connectivity index (χ0v) is 15.8. The molecule has 0 saturated carbocycles. The summed E-state index contributed by atoms with van der Waals surface area (Å²) in [4.78, 5) is 18.8. The maximum atomic E-state index is 11.8. The van der Waals surface area contributed by atoms with Crippen molar-refractivity contribution in [3.8, 4) is 11.4 Å². The molecule has 0 aliphatic heterocycles. The van der Waals surface area contributed by atoms with Crippen LogP contribution in [0.5, 0.6) is 0 Å². The van der Waals surface area contributed by atoms with Crippen molar-refractivity contribution in [3.05, 3.63) is 48.0 Å². The van der Waals surface area contributed by atoms with Crippen molar-refractivity contribution in [1.29, 1.82) is 0 Å². The standard InChI is InChI=1S/C15H12N2O5S.Na/c1-22-15(18)11-3-2-4-12-13(11)17-14(16-12)9-5-7-10(8-6-9)23(19,20)21;/h2-8H,1H3,(H,16,17)(H,19,20,21);/q;+1/p-1. The molecule has 0 radical (unpaired) electrons. The first-order chi connectivity index (χ1) is 10.9. The van der Waals surface area contributed by atoms with E-state index in [0.29, 0.717) is 28.0 Å². The number of carbonyl (C=O) groups excluding carboxylic acids is 1. The summed E-state index contributed by atoms with van der Waals surface area (Å²) in [5, 5.41) is 0. The summed E-state index contributed by atoms with van der Waals surface area (Å²) in [5.41, 5.74) is 2.01. The Balaban J connectivity index is 0.00000208. The second-order valence-electron chi connectivity index (χ2n) is 4.76. The SMILES string of the molecule is COC(=O)c1cccc2[nH]c(-c3ccc(S(=O)(=O)[O-])cc3)nc12.[Na+]. The van der Waals surface area contributed by atoms with Crippen LogP contribution in [0.4, 0.5) is 0 Å². The molecule has 0 saturated heterocycles. The maximum absolute atomic E-state index is 11.8. The summed E-state index contributed by atoms with van der Waals surface area (Å²) < 4.78 is 37.5. The summed E-state index contributed by atoms with van der Waals surface area (Å²) in [7, 11) is -3.20. The molecule has 24 heavy (non-hydrogen) atoms. The van der Waals surface area contributed by atoms with E-state index in [2.05, 4.69) is 9.97 Å². The molecule has 0 fully saturated rings. The third-order valence-electron chi connectivity index (χ3n) is 3.33. The van der Waals surface area contributed by atoms with E-state index in [0.717, 1.165) is 0 Å². The van der Waals surface area contributed by atoms with Crippen molar-refractivity contribution in [2.75, 3.05) is 7.11 Å².